The van der Waals surface area contributed by atoms with Crippen molar-refractivity contribution in [1.82, 2.24) is 25.3 Å². The van der Waals surface area contributed by atoms with E-state index in [0.29, 0.717) is 18.5 Å². The molecule has 0 fully saturated rings. The van der Waals surface area contributed by atoms with E-state index in [-0.39, 0.29) is 45.2 Å². The van der Waals surface area contributed by atoms with E-state index in [1.807, 2.05) is 0 Å². The Labute approximate surface area is 208 Å². The standard InChI is InChI=1S/C21H35N5O10/c1-15(2)21(36)23-5-3-4-22-16(27)10-25(12-18(30)31)8-6-24(11-17(28)29)7-9-26(13-19(32)33)14-20(34)35/h1,3-14H2,2H3,(H,22,27)(H,23,36)(H,28,29)(H,30,31)(H,32,33)(H,34,35). The largest absolute Gasteiger partial charge is 0.480 e. The van der Waals surface area contributed by atoms with E-state index in [4.69, 9.17) is 20.4 Å². The zero-order valence-corrected chi connectivity index (χ0v) is 20.3. The first-order chi connectivity index (χ1) is 16.8. The summed E-state index contributed by atoms with van der Waals surface area (Å²) >= 11 is 0. The smallest absolute Gasteiger partial charge is 0.317 e. The number of hydrogen-bond acceptors (Lipinski definition) is 9. The lowest BCUT2D eigenvalue weighted by atomic mass is 10.3. The molecular weight excluding hydrogens is 482 g/mol. The molecular formula is C21H35N5O10. The number of aliphatic carboxylic acids is 4. The molecule has 0 heterocycles. The highest BCUT2D eigenvalue weighted by atomic mass is 16.4. The molecule has 6 N–H and O–H groups in total. The number of carbonyl (C=O) groups excluding carboxylic acids is 2. The maximum absolute atomic E-state index is 12.2. The molecule has 0 spiro atoms. The van der Waals surface area contributed by atoms with Gasteiger partial charge >= 0.3 is 23.9 Å². The van der Waals surface area contributed by atoms with Crippen LogP contribution in [0.1, 0.15) is 13.3 Å². The molecule has 0 unspecified atom stereocenters. The molecule has 2 amide bonds. The maximum atomic E-state index is 12.2. The summed E-state index contributed by atoms with van der Waals surface area (Å²) in [6.07, 6.45) is 0.444. The molecule has 15 nitrogen and oxygen atoms in total. The minimum absolute atomic E-state index is 0.00979. The molecule has 0 aliphatic carbocycles. The zero-order valence-electron chi connectivity index (χ0n) is 20.3. The molecule has 0 aromatic rings. The summed E-state index contributed by atoms with van der Waals surface area (Å²) in [6, 6.07) is 0. The van der Waals surface area contributed by atoms with E-state index in [1.54, 1.807) is 6.92 Å². The summed E-state index contributed by atoms with van der Waals surface area (Å²) in [5.41, 5.74) is 0.358. The first kappa shape index (κ1) is 32.4. The highest BCUT2D eigenvalue weighted by molar-refractivity contribution is 5.92. The third-order valence-electron chi connectivity index (χ3n) is 4.62. The van der Waals surface area contributed by atoms with Crippen LogP contribution in [0.15, 0.2) is 12.2 Å². The zero-order chi connectivity index (χ0) is 27.7. The SMILES string of the molecule is C=C(C)C(=O)NCCCNC(=O)CN(CCN(CCN(CC(=O)O)CC(=O)O)CC(=O)O)CC(=O)O. The lowest BCUT2D eigenvalue weighted by molar-refractivity contribution is -0.143. The van der Waals surface area contributed by atoms with Crippen molar-refractivity contribution >= 4 is 35.7 Å². The molecule has 0 rings (SSSR count). The third kappa shape index (κ3) is 17.9. The van der Waals surface area contributed by atoms with E-state index < -0.39 is 56.0 Å². The Balaban J connectivity index is 4.84. The van der Waals surface area contributed by atoms with Gasteiger partial charge in [-0.05, 0) is 13.3 Å². The number of hydrogen-bond donors (Lipinski definition) is 6. The first-order valence-corrected chi connectivity index (χ1v) is 11.0. The maximum Gasteiger partial charge on any atom is 0.317 e. The summed E-state index contributed by atoms with van der Waals surface area (Å²) < 4.78 is 0. The van der Waals surface area contributed by atoms with Gasteiger partial charge in [-0.25, -0.2) is 0 Å². The van der Waals surface area contributed by atoms with Crippen LogP contribution in [0, 0.1) is 0 Å². The van der Waals surface area contributed by atoms with Crippen molar-refractivity contribution < 1.29 is 49.2 Å². The quantitative estimate of drug-likeness (QED) is 0.0682. The van der Waals surface area contributed by atoms with Gasteiger partial charge in [0, 0.05) is 44.8 Å². The van der Waals surface area contributed by atoms with Crippen LogP contribution >= 0.6 is 0 Å². The first-order valence-electron chi connectivity index (χ1n) is 11.0. The Morgan fingerprint density at radius 2 is 0.972 bits per heavy atom. The van der Waals surface area contributed by atoms with Crippen LogP contribution in [0.3, 0.4) is 0 Å². The molecule has 15 heteroatoms. The number of carboxylic acids is 4. The summed E-state index contributed by atoms with van der Waals surface area (Å²) in [5, 5.41) is 41.4. The van der Waals surface area contributed by atoms with Crippen molar-refractivity contribution in [3.63, 3.8) is 0 Å². The molecule has 36 heavy (non-hydrogen) atoms. The second-order valence-electron chi connectivity index (χ2n) is 8.01. The van der Waals surface area contributed by atoms with Crippen LogP contribution in [-0.4, -0.2) is 143 Å². The highest BCUT2D eigenvalue weighted by Gasteiger charge is 2.19. The molecule has 0 aliphatic heterocycles. The Bertz CT molecular complexity index is 788. The molecule has 0 aromatic carbocycles. The minimum atomic E-state index is -1.24. The van der Waals surface area contributed by atoms with Crippen LogP contribution in [-0.2, 0) is 28.8 Å². The predicted octanol–water partition coefficient (Wildman–Crippen LogP) is -2.57. The Morgan fingerprint density at radius 3 is 1.39 bits per heavy atom. The molecule has 0 aliphatic rings. The number of amides is 2. The van der Waals surface area contributed by atoms with Gasteiger partial charge in [0.05, 0.1) is 32.7 Å². The van der Waals surface area contributed by atoms with Gasteiger partial charge in [0.1, 0.15) is 0 Å². The number of nitrogens with zero attached hydrogens (tertiary/aromatic N) is 3. The van der Waals surface area contributed by atoms with Gasteiger partial charge < -0.3 is 31.1 Å². The Kier molecular flexibility index (Phi) is 16.1. The fraction of sp³-hybridized carbons (Fsp3) is 0.619. The lowest BCUT2D eigenvalue weighted by Gasteiger charge is -2.27. The van der Waals surface area contributed by atoms with Crippen LogP contribution in [0.25, 0.3) is 0 Å². The average Bonchev–Trinajstić information content (AvgIpc) is 2.73. The number of nitrogens with one attached hydrogen (secondary N) is 2. The van der Waals surface area contributed by atoms with Crippen molar-refractivity contribution in [2.75, 3.05) is 72.0 Å². The summed E-state index contributed by atoms with van der Waals surface area (Å²) in [5.74, 6) is -5.60. The molecule has 0 aromatic heterocycles. The topological polar surface area (TPSA) is 217 Å². The monoisotopic (exact) mass is 517 g/mol. The van der Waals surface area contributed by atoms with E-state index in [1.165, 1.54) is 9.80 Å². The number of rotatable bonds is 21. The minimum Gasteiger partial charge on any atom is -0.480 e. The second-order valence-corrected chi connectivity index (χ2v) is 8.01. The van der Waals surface area contributed by atoms with Crippen LogP contribution in [0.2, 0.25) is 0 Å². The Morgan fingerprint density at radius 1 is 0.611 bits per heavy atom. The lowest BCUT2D eigenvalue weighted by Crippen LogP contribution is -2.46. The van der Waals surface area contributed by atoms with Crippen molar-refractivity contribution in [3.05, 3.63) is 12.2 Å². The van der Waals surface area contributed by atoms with E-state index in [9.17, 15) is 28.8 Å². The normalized spacial score (nSPS) is 10.9. The predicted molar refractivity (Wildman–Crippen MR) is 125 cm³/mol. The van der Waals surface area contributed by atoms with Crippen LogP contribution < -0.4 is 10.6 Å². The van der Waals surface area contributed by atoms with Crippen molar-refractivity contribution in [2.45, 2.75) is 13.3 Å². The van der Waals surface area contributed by atoms with Gasteiger partial charge in [-0.3, -0.25) is 43.5 Å². The summed E-state index contributed by atoms with van der Waals surface area (Å²) in [6.45, 7) is 3.35. The third-order valence-corrected chi connectivity index (χ3v) is 4.62. The number of carboxylic acid groups (broad SMARTS) is 4. The van der Waals surface area contributed by atoms with Gasteiger partial charge in [0.2, 0.25) is 11.8 Å². The molecule has 204 valence electrons. The van der Waals surface area contributed by atoms with E-state index >= 15 is 0 Å². The fourth-order valence-corrected chi connectivity index (χ4v) is 2.96. The summed E-state index contributed by atoms with van der Waals surface area (Å²) in [7, 11) is 0. The van der Waals surface area contributed by atoms with Crippen molar-refractivity contribution in [2.24, 2.45) is 0 Å². The highest BCUT2D eigenvalue weighted by Crippen LogP contribution is 1.97. The average molecular weight is 518 g/mol. The fourth-order valence-electron chi connectivity index (χ4n) is 2.96. The van der Waals surface area contributed by atoms with Gasteiger partial charge in [-0.1, -0.05) is 6.58 Å². The molecule has 0 radical (unpaired) electrons. The van der Waals surface area contributed by atoms with E-state index in [0.717, 1.165) is 4.90 Å². The van der Waals surface area contributed by atoms with Gasteiger partial charge in [0.15, 0.2) is 0 Å². The second kappa shape index (κ2) is 17.8. The van der Waals surface area contributed by atoms with Crippen molar-refractivity contribution in [3.8, 4) is 0 Å². The molecule has 0 saturated heterocycles. The Hall–Kier alpha value is -3.56. The summed E-state index contributed by atoms with van der Waals surface area (Å²) in [4.78, 5) is 71.7. The van der Waals surface area contributed by atoms with E-state index in [2.05, 4.69) is 17.2 Å². The van der Waals surface area contributed by atoms with Gasteiger partial charge in [0.25, 0.3) is 0 Å². The van der Waals surface area contributed by atoms with Crippen molar-refractivity contribution in [1.29, 1.82) is 0 Å². The molecule has 0 bridgehead atoms. The van der Waals surface area contributed by atoms with Gasteiger partial charge in [-0.15, -0.1) is 0 Å². The van der Waals surface area contributed by atoms with Gasteiger partial charge in [-0.2, -0.15) is 0 Å². The van der Waals surface area contributed by atoms with Crippen LogP contribution in [0.5, 0.6) is 0 Å². The molecule has 0 saturated carbocycles. The molecule has 0 atom stereocenters. The van der Waals surface area contributed by atoms with Crippen LogP contribution in [0.4, 0.5) is 0 Å². The number of carbonyl (C=O) groups is 6.